The van der Waals surface area contributed by atoms with Gasteiger partial charge in [-0.15, -0.1) is 0 Å². The molecular formula is C10H9ClN2O4. The molecule has 7 heteroatoms. The number of nitro benzene ring substituents is 1. The van der Waals surface area contributed by atoms with Crippen LogP contribution in [0, 0.1) is 10.1 Å². The zero-order valence-electron chi connectivity index (χ0n) is 8.68. The lowest BCUT2D eigenvalue weighted by molar-refractivity contribution is -0.384. The van der Waals surface area contributed by atoms with E-state index in [9.17, 15) is 14.9 Å². The SMILES string of the molecule is O=C(NC1COC1)c1ccc([N+](=O)[O-])cc1Cl. The van der Waals surface area contributed by atoms with Gasteiger partial charge in [0.25, 0.3) is 11.6 Å². The molecule has 1 amide bonds. The molecule has 1 aliphatic rings. The van der Waals surface area contributed by atoms with Crippen molar-refractivity contribution in [1.82, 2.24) is 5.32 Å². The summed E-state index contributed by atoms with van der Waals surface area (Å²) < 4.78 is 4.92. The molecule has 0 saturated carbocycles. The Hall–Kier alpha value is -1.66. The van der Waals surface area contributed by atoms with Crippen LogP contribution in [-0.2, 0) is 4.74 Å². The highest BCUT2D eigenvalue weighted by atomic mass is 35.5. The summed E-state index contributed by atoms with van der Waals surface area (Å²) in [6, 6.07) is 3.75. The maximum Gasteiger partial charge on any atom is 0.270 e. The van der Waals surface area contributed by atoms with Crippen molar-refractivity contribution in [2.24, 2.45) is 0 Å². The number of hydrogen-bond acceptors (Lipinski definition) is 4. The predicted octanol–water partition coefficient (Wildman–Crippen LogP) is 1.38. The lowest BCUT2D eigenvalue weighted by Gasteiger charge is -2.26. The van der Waals surface area contributed by atoms with Crippen molar-refractivity contribution in [3.63, 3.8) is 0 Å². The zero-order chi connectivity index (χ0) is 12.4. The molecular weight excluding hydrogens is 248 g/mol. The lowest BCUT2D eigenvalue weighted by atomic mass is 10.1. The topological polar surface area (TPSA) is 81.5 Å². The van der Waals surface area contributed by atoms with Crippen LogP contribution < -0.4 is 5.32 Å². The molecule has 6 nitrogen and oxygen atoms in total. The lowest BCUT2D eigenvalue weighted by Crippen LogP contribution is -2.48. The summed E-state index contributed by atoms with van der Waals surface area (Å²) in [5.41, 5.74) is 0.0858. The molecule has 0 atom stereocenters. The number of halogens is 1. The van der Waals surface area contributed by atoms with Gasteiger partial charge in [0.15, 0.2) is 0 Å². The van der Waals surface area contributed by atoms with Crippen LogP contribution >= 0.6 is 11.6 Å². The summed E-state index contributed by atoms with van der Waals surface area (Å²) in [5, 5.41) is 13.3. The van der Waals surface area contributed by atoms with Gasteiger partial charge in [-0.1, -0.05) is 11.6 Å². The second-order valence-corrected chi connectivity index (χ2v) is 4.04. The summed E-state index contributed by atoms with van der Waals surface area (Å²) >= 11 is 5.82. The largest absolute Gasteiger partial charge is 0.377 e. The quantitative estimate of drug-likeness (QED) is 0.654. The van der Waals surface area contributed by atoms with Crippen LogP contribution in [0.2, 0.25) is 5.02 Å². The van der Waals surface area contributed by atoms with Gasteiger partial charge in [0.2, 0.25) is 0 Å². The molecule has 1 aromatic rings. The number of carbonyl (C=O) groups is 1. The number of benzene rings is 1. The molecule has 17 heavy (non-hydrogen) atoms. The van der Waals surface area contributed by atoms with Crippen LogP contribution in [0.3, 0.4) is 0 Å². The van der Waals surface area contributed by atoms with Crippen molar-refractivity contribution in [3.05, 3.63) is 38.9 Å². The van der Waals surface area contributed by atoms with Crippen LogP contribution in [0.5, 0.6) is 0 Å². The molecule has 2 rings (SSSR count). The third-order valence-corrected chi connectivity index (χ3v) is 2.69. The van der Waals surface area contributed by atoms with E-state index in [1.54, 1.807) is 0 Å². The summed E-state index contributed by atoms with van der Waals surface area (Å²) in [5.74, 6) is -0.349. The van der Waals surface area contributed by atoms with E-state index in [-0.39, 0.29) is 28.2 Å². The highest BCUT2D eigenvalue weighted by molar-refractivity contribution is 6.34. The van der Waals surface area contributed by atoms with Gasteiger partial charge >= 0.3 is 0 Å². The maximum atomic E-state index is 11.7. The molecule has 1 saturated heterocycles. The fraction of sp³-hybridized carbons (Fsp3) is 0.300. The van der Waals surface area contributed by atoms with Gasteiger partial charge < -0.3 is 10.1 Å². The van der Waals surface area contributed by atoms with Crippen molar-refractivity contribution in [2.75, 3.05) is 13.2 Å². The Kier molecular flexibility index (Phi) is 3.26. The van der Waals surface area contributed by atoms with E-state index >= 15 is 0 Å². The first-order valence-electron chi connectivity index (χ1n) is 4.90. The number of carbonyl (C=O) groups excluding carboxylic acids is 1. The van der Waals surface area contributed by atoms with Crippen LogP contribution in [0.15, 0.2) is 18.2 Å². The van der Waals surface area contributed by atoms with E-state index in [0.29, 0.717) is 13.2 Å². The van der Waals surface area contributed by atoms with Crippen molar-refractivity contribution >= 4 is 23.2 Å². The van der Waals surface area contributed by atoms with Gasteiger partial charge in [-0.25, -0.2) is 0 Å². The molecule has 0 aromatic heterocycles. The van der Waals surface area contributed by atoms with Crippen LogP contribution in [0.25, 0.3) is 0 Å². The summed E-state index contributed by atoms with van der Waals surface area (Å²) in [4.78, 5) is 21.7. The highest BCUT2D eigenvalue weighted by Crippen LogP contribution is 2.22. The number of non-ortho nitro benzene ring substituents is 1. The third kappa shape index (κ3) is 2.54. The molecule has 0 spiro atoms. The first-order chi connectivity index (χ1) is 8.08. The minimum absolute atomic E-state index is 0.00578. The molecule has 1 heterocycles. The molecule has 1 aliphatic heterocycles. The Morgan fingerprint density at radius 2 is 2.24 bits per heavy atom. The van der Waals surface area contributed by atoms with E-state index in [1.165, 1.54) is 12.1 Å². The number of nitro groups is 1. The molecule has 1 fully saturated rings. The first kappa shape index (κ1) is 11.8. The summed E-state index contributed by atoms with van der Waals surface area (Å²) in [7, 11) is 0. The van der Waals surface area contributed by atoms with E-state index < -0.39 is 4.92 Å². The minimum atomic E-state index is -0.562. The van der Waals surface area contributed by atoms with E-state index in [0.717, 1.165) is 6.07 Å². The van der Waals surface area contributed by atoms with E-state index in [4.69, 9.17) is 16.3 Å². The van der Waals surface area contributed by atoms with Crippen molar-refractivity contribution in [2.45, 2.75) is 6.04 Å². The molecule has 90 valence electrons. The Morgan fingerprint density at radius 1 is 1.53 bits per heavy atom. The van der Waals surface area contributed by atoms with E-state index in [1.807, 2.05) is 0 Å². The highest BCUT2D eigenvalue weighted by Gasteiger charge is 2.22. The van der Waals surface area contributed by atoms with Crippen LogP contribution in [-0.4, -0.2) is 30.1 Å². The minimum Gasteiger partial charge on any atom is -0.377 e. The average molecular weight is 257 g/mol. The van der Waals surface area contributed by atoms with Gasteiger partial charge in [-0.2, -0.15) is 0 Å². The molecule has 1 N–H and O–H groups in total. The van der Waals surface area contributed by atoms with Gasteiger partial charge in [0.05, 0.1) is 34.8 Å². The maximum absolute atomic E-state index is 11.7. The summed E-state index contributed by atoms with van der Waals surface area (Å²) in [6.07, 6.45) is 0. The third-order valence-electron chi connectivity index (χ3n) is 2.38. The fourth-order valence-electron chi connectivity index (χ4n) is 1.38. The Bertz CT molecular complexity index is 473. The predicted molar refractivity (Wildman–Crippen MR) is 60.2 cm³/mol. The molecule has 0 bridgehead atoms. The second-order valence-electron chi connectivity index (χ2n) is 3.63. The number of hydrogen-bond donors (Lipinski definition) is 1. The van der Waals surface area contributed by atoms with E-state index in [2.05, 4.69) is 5.32 Å². The zero-order valence-corrected chi connectivity index (χ0v) is 9.44. The van der Waals surface area contributed by atoms with Crippen LogP contribution in [0.4, 0.5) is 5.69 Å². The fourth-order valence-corrected chi connectivity index (χ4v) is 1.64. The Balaban J connectivity index is 2.14. The van der Waals surface area contributed by atoms with Crippen LogP contribution in [0.1, 0.15) is 10.4 Å². The number of rotatable bonds is 3. The molecule has 1 aromatic carbocycles. The molecule has 0 radical (unpaired) electrons. The number of nitrogens with zero attached hydrogens (tertiary/aromatic N) is 1. The van der Waals surface area contributed by atoms with Gasteiger partial charge in [-0.05, 0) is 6.07 Å². The first-order valence-corrected chi connectivity index (χ1v) is 5.28. The smallest absolute Gasteiger partial charge is 0.270 e. The number of nitrogens with one attached hydrogen (secondary N) is 1. The van der Waals surface area contributed by atoms with Crippen molar-refractivity contribution < 1.29 is 14.5 Å². The number of amides is 1. The molecule has 0 aliphatic carbocycles. The monoisotopic (exact) mass is 256 g/mol. The van der Waals surface area contributed by atoms with Gasteiger partial charge in [0, 0.05) is 12.1 Å². The van der Waals surface area contributed by atoms with Gasteiger partial charge in [0.1, 0.15) is 0 Å². The Morgan fingerprint density at radius 3 is 2.71 bits per heavy atom. The van der Waals surface area contributed by atoms with Crippen molar-refractivity contribution in [3.8, 4) is 0 Å². The number of ether oxygens (including phenoxy) is 1. The molecule has 0 unspecified atom stereocenters. The summed E-state index contributed by atoms with van der Waals surface area (Å²) in [6.45, 7) is 0.965. The Labute approximate surface area is 102 Å². The van der Waals surface area contributed by atoms with Gasteiger partial charge in [-0.3, -0.25) is 14.9 Å². The standard InChI is InChI=1S/C10H9ClN2O4/c11-9-3-7(13(15)16)1-2-8(9)10(14)12-6-4-17-5-6/h1-3,6H,4-5H2,(H,12,14). The van der Waals surface area contributed by atoms with Crippen molar-refractivity contribution in [1.29, 1.82) is 0 Å². The average Bonchev–Trinajstić information content (AvgIpc) is 2.22. The second kappa shape index (κ2) is 4.68. The normalized spacial score (nSPS) is 15.1.